The first-order valence-corrected chi connectivity index (χ1v) is 7.88. The minimum Gasteiger partial charge on any atom is -0.495 e. The number of anilines is 3. The van der Waals surface area contributed by atoms with Crippen molar-refractivity contribution in [3.05, 3.63) is 78.6 Å². The summed E-state index contributed by atoms with van der Waals surface area (Å²) in [5, 5.41) is 3.26. The third-order valence-corrected chi connectivity index (χ3v) is 3.81. The van der Waals surface area contributed by atoms with Gasteiger partial charge >= 0.3 is 0 Å². The number of aromatic nitrogens is 1. The van der Waals surface area contributed by atoms with Crippen LogP contribution in [0.25, 0.3) is 0 Å². The summed E-state index contributed by atoms with van der Waals surface area (Å²) in [5.74, 6) is 0.559. The SMILES string of the molecule is COc1ccccc1Nc1ccnc(C(=O)N(C)c2ccccc2)c1. The van der Waals surface area contributed by atoms with Crippen LogP contribution in [-0.4, -0.2) is 25.0 Å². The molecule has 5 heteroatoms. The zero-order valence-electron chi connectivity index (χ0n) is 14.1. The highest BCUT2D eigenvalue weighted by molar-refractivity contribution is 6.04. The van der Waals surface area contributed by atoms with Gasteiger partial charge in [0.25, 0.3) is 5.91 Å². The zero-order valence-corrected chi connectivity index (χ0v) is 14.1. The van der Waals surface area contributed by atoms with Gasteiger partial charge in [-0.05, 0) is 36.4 Å². The highest BCUT2D eigenvalue weighted by Gasteiger charge is 2.15. The third-order valence-electron chi connectivity index (χ3n) is 3.81. The first-order chi connectivity index (χ1) is 12.2. The predicted octanol–water partition coefficient (Wildman–Crippen LogP) is 4.11. The number of ether oxygens (including phenoxy) is 1. The minimum absolute atomic E-state index is 0.171. The zero-order chi connectivity index (χ0) is 17.6. The Morgan fingerprint density at radius 1 is 1.04 bits per heavy atom. The van der Waals surface area contributed by atoms with Crippen LogP contribution in [0.4, 0.5) is 17.1 Å². The Bertz CT molecular complexity index is 866. The van der Waals surface area contributed by atoms with Gasteiger partial charge in [-0.3, -0.25) is 9.78 Å². The fourth-order valence-electron chi connectivity index (χ4n) is 2.47. The summed E-state index contributed by atoms with van der Waals surface area (Å²) in [7, 11) is 3.36. The molecule has 0 radical (unpaired) electrons. The number of rotatable bonds is 5. The molecule has 126 valence electrons. The average molecular weight is 333 g/mol. The Kier molecular flexibility index (Phi) is 4.95. The van der Waals surface area contributed by atoms with Crippen LogP contribution in [0.5, 0.6) is 5.75 Å². The molecule has 2 aromatic carbocycles. The number of nitrogens with zero attached hydrogens (tertiary/aromatic N) is 2. The maximum absolute atomic E-state index is 12.7. The van der Waals surface area contributed by atoms with Crippen LogP contribution in [-0.2, 0) is 0 Å². The number of benzene rings is 2. The third kappa shape index (κ3) is 3.77. The van der Waals surface area contributed by atoms with E-state index in [4.69, 9.17) is 4.74 Å². The molecule has 1 aromatic heterocycles. The van der Waals surface area contributed by atoms with E-state index in [1.165, 1.54) is 0 Å². The van der Waals surface area contributed by atoms with Crippen molar-refractivity contribution in [2.45, 2.75) is 0 Å². The van der Waals surface area contributed by atoms with E-state index in [1.807, 2.05) is 60.7 Å². The number of nitrogens with one attached hydrogen (secondary N) is 1. The van der Waals surface area contributed by atoms with Gasteiger partial charge in [0.15, 0.2) is 0 Å². The monoisotopic (exact) mass is 333 g/mol. The lowest BCUT2D eigenvalue weighted by molar-refractivity contribution is 0.0988. The molecule has 0 aliphatic heterocycles. The molecule has 1 N–H and O–H groups in total. The fourth-order valence-corrected chi connectivity index (χ4v) is 2.47. The van der Waals surface area contributed by atoms with Gasteiger partial charge in [0, 0.05) is 24.6 Å². The van der Waals surface area contributed by atoms with Crippen LogP contribution >= 0.6 is 0 Å². The molecule has 25 heavy (non-hydrogen) atoms. The second kappa shape index (κ2) is 7.49. The van der Waals surface area contributed by atoms with Crippen LogP contribution in [0.2, 0.25) is 0 Å². The maximum Gasteiger partial charge on any atom is 0.276 e. The molecule has 3 aromatic rings. The molecule has 0 saturated carbocycles. The molecule has 0 saturated heterocycles. The highest BCUT2D eigenvalue weighted by Crippen LogP contribution is 2.27. The van der Waals surface area contributed by atoms with E-state index >= 15 is 0 Å². The van der Waals surface area contributed by atoms with E-state index in [0.717, 1.165) is 22.8 Å². The van der Waals surface area contributed by atoms with Gasteiger partial charge < -0.3 is 15.0 Å². The number of para-hydroxylation sites is 3. The lowest BCUT2D eigenvalue weighted by Gasteiger charge is -2.17. The number of pyridine rings is 1. The van der Waals surface area contributed by atoms with Gasteiger partial charge in [-0.15, -0.1) is 0 Å². The standard InChI is InChI=1S/C20H19N3O2/c1-23(16-8-4-3-5-9-16)20(24)18-14-15(12-13-21-18)22-17-10-6-7-11-19(17)25-2/h3-14H,1-2H3,(H,21,22). The highest BCUT2D eigenvalue weighted by atomic mass is 16.5. The van der Waals surface area contributed by atoms with E-state index in [9.17, 15) is 4.79 Å². The number of carbonyl (C=O) groups excluding carboxylic acids is 1. The quantitative estimate of drug-likeness (QED) is 0.763. The first kappa shape index (κ1) is 16.5. The van der Waals surface area contributed by atoms with Gasteiger partial charge in [0.1, 0.15) is 11.4 Å². The summed E-state index contributed by atoms with van der Waals surface area (Å²) in [6.45, 7) is 0. The van der Waals surface area contributed by atoms with E-state index in [0.29, 0.717) is 5.69 Å². The number of carbonyl (C=O) groups is 1. The van der Waals surface area contributed by atoms with E-state index in [1.54, 1.807) is 31.3 Å². The summed E-state index contributed by atoms with van der Waals surface area (Å²) in [5.41, 5.74) is 2.78. The largest absolute Gasteiger partial charge is 0.495 e. The number of amides is 1. The van der Waals surface area contributed by atoms with Crippen LogP contribution in [0, 0.1) is 0 Å². The van der Waals surface area contributed by atoms with Gasteiger partial charge in [-0.2, -0.15) is 0 Å². The summed E-state index contributed by atoms with van der Waals surface area (Å²) in [6.07, 6.45) is 1.61. The van der Waals surface area contributed by atoms with Gasteiger partial charge in [-0.1, -0.05) is 30.3 Å². The van der Waals surface area contributed by atoms with Gasteiger partial charge in [0.2, 0.25) is 0 Å². The summed E-state index contributed by atoms with van der Waals surface area (Å²) in [6, 6.07) is 20.6. The minimum atomic E-state index is -0.171. The molecule has 0 aliphatic carbocycles. The maximum atomic E-state index is 12.7. The van der Waals surface area contributed by atoms with E-state index in [2.05, 4.69) is 10.3 Å². The van der Waals surface area contributed by atoms with Crippen molar-refractivity contribution in [3.8, 4) is 5.75 Å². The lowest BCUT2D eigenvalue weighted by atomic mass is 10.2. The Hall–Kier alpha value is -3.34. The Morgan fingerprint density at radius 2 is 1.76 bits per heavy atom. The molecule has 0 fully saturated rings. The molecule has 0 atom stereocenters. The fraction of sp³-hybridized carbons (Fsp3) is 0.100. The van der Waals surface area contributed by atoms with Gasteiger partial charge in [-0.25, -0.2) is 0 Å². The molecule has 3 rings (SSSR count). The van der Waals surface area contributed by atoms with Crippen LogP contribution < -0.4 is 15.0 Å². The van der Waals surface area contributed by atoms with Crippen LogP contribution in [0.15, 0.2) is 72.9 Å². The molecule has 0 aliphatic rings. The second-order valence-corrected chi connectivity index (χ2v) is 5.45. The van der Waals surface area contributed by atoms with Crippen molar-refractivity contribution in [1.29, 1.82) is 0 Å². The second-order valence-electron chi connectivity index (χ2n) is 5.45. The molecular formula is C20H19N3O2. The van der Waals surface area contributed by atoms with Crippen LogP contribution in [0.1, 0.15) is 10.5 Å². The van der Waals surface area contributed by atoms with Crippen molar-refractivity contribution < 1.29 is 9.53 Å². The lowest BCUT2D eigenvalue weighted by Crippen LogP contribution is -2.27. The molecule has 0 spiro atoms. The molecule has 0 unspecified atom stereocenters. The molecule has 1 amide bonds. The average Bonchev–Trinajstić information content (AvgIpc) is 2.68. The first-order valence-electron chi connectivity index (χ1n) is 7.88. The Balaban J connectivity index is 1.83. The van der Waals surface area contributed by atoms with Crippen LogP contribution in [0.3, 0.4) is 0 Å². The Labute approximate surface area is 146 Å². The van der Waals surface area contributed by atoms with Crippen molar-refractivity contribution in [1.82, 2.24) is 4.98 Å². The topological polar surface area (TPSA) is 54.5 Å². The van der Waals surface area contributed by atoms with E-state index < -0.39 is 0 Å². The molecule has 0 bridgehead atoms. The number of hydrogen-bond acceptors (Lipinski definition) is 4. The van der Waals surface area contributed by atoms with Gasteiger partial charge in [0.05, 0.1) is 12.8 Å². The summed E-state index contributed by atoms with van der Waals surface area (Å²) < 4.78 is 5.34. The molecule has 5 nitrogen and oxygen atoms in total. The van der Waals surface area contributed by atoms with Crippen molar-refractivity contribution in [2.24, 2.45) is 0 Å². The summed E-state index contributed by atoms with van der Waals surface area (Å²) in [4.78, 5) is 18.5. The summed E-state index contributed by atoms with van der Waals surface area (Å²) >= 11 is 0. The normalized spacial score (nSPS) is 10.2. The van der Waals surface area contributed by atoms with Crippen molar-refractivity contribution >= 4 is 23.0 Å². The Morgan fingerprint density at radius 3 is 2.52 bits per heavy atom. The number of methoxy groups -OCH3 is 1. The molecule has 1 heterocycles. The van der Waals surface area contributed by atoms with Crippen molar-refractivity contribution in [2.75, 3.05) is 24.4 Å². The number of hydrogen-bond donors (Lipinski definition) is 1. The molecular weight excluding hydrogens is 314 g/mol. The van der Waals surface area contributed by atoms with Crippen molar-refractivity contribution in [3.63, 3.8) is 0 Å². The predicted molar refractivity (Wildman–Crippen MR) is 99.7 cm³/mol. The van der Waals surface area contributed by atoms with E-state index in [-0.39, 0.29) is 5.91 Å². The smallest absolute Gasteiger partial charge is 0.276 e.